The number of nitrogens with one attached hydrogen (secondary N) is 2. The summed E-state index contributed by atoms with van der Waals surface area (Å²) in [6, 6.07) is 8.24. The number of aromatic amines is 1. The van der Waals surface area contributed by atoms with E-state index >= 15 is 0 Å². The van der Waals surface area contributed by atoms with Crippen molar-refractivity contribution in [3.05, 3.63) is 30.1 Å². The maximum atomic E-state index is 4.66. The van der Waals surface area contributed by atoms with Gasteiger partial charge in [0.25, 0.3) is 0 Å². The number of piperidine rings is 1. The molecule has 1 aromatic carbocycles. The van der Waals surface area contributed by atoms with Gasteiger partial charge in [-0.25, -0.2) is 4.98 Å². The van der Waals surface area contributed by atoms with Crippen LogP contribution in [0.5, 0.6) is 0 Å². The average molecular weight is 258 g/mol. The fourth-order valence-corrected chi connectivity index (χ4v) is 3.04. The molecule has 1 fully saturated rings. The highest BCUT2D eigenvalue weighted by Gasteiger charge is 2.20. The van der Waals surface area contributed by atoms with Crippen LogP contribution in [0.4, 0.5) is 0 Å². The van der Waals surface area contributed by atoms with Crippen LogP contribution in [0.1, 0.15) is 18.7 Å². The van der Waals surface area contributed by atoms with E-state index < -0.39 is 0 Å². The molecule has 0 bridgehead atoms. The molecule has 1 saturated heterocycles. The van der Waals surface area contributed by atoms with Crippen LogP contribution in [0, 0.1) is 5.92 Å². The molecule has 19 heavy (non-hydrogen) atoms. The zero-order valence-corrected chi connectivity index (χ0v) is 11.5. The summed E-state index contributed by atoms with van der Waals surface area (Å²) in [4.78, 5) is 10.6. The van der Waals surface area contributed by atoms with Gasteiger partial charge in [0.1, 0.15) is 5.82 Å². The van der Waals surface area contributed by atoms with Gasteiger partial charge in [-0.05, 0) is 51.0 Å². The maximum Gasteiger partial charge on any atom is 0.121 e. The predicted molar refractivity (Wildman–Crippen MR) is 78.0 cm³/mol. The largest absolute Gasteiger partial charge is 0.341 e. The lowest BCUT2D eigenvalue weighted by Crippen LogP contribution is -2.38. The lowest BCUT2D eigenvalue weighted by molar-refractivity contribution is 0.164. The summed E-state index contributed by atoms with van der Waals surface area (Å²) in [5.74, 6) is 1.87. The monoisotopic (exact) mass is 258 g/mol. The van der Waals surface area contributed by atoms with Crippen molar-refractivity contribution in [2.45, 2.75) is 19.4 Å². The van der Waals surface area contributed by atoms with Crippen LogP contribution in [0.25, 0.3) is 11.0 Å². The Morgan fingerprint density at radius 2 is 2.32 bits per heavy atom. The van der Waals surface area contributed by atoms with Crippen molar-refractivity contribution in [3.63, 3.8) is 0 Å². The fourth-order valence-electron chi connectivity index (χ4n) is 3.04. The topological polar surface area (TPSA) is 44.0 Å². The average Bonchev–Trinajstić information content (AvgIpc) is 2.81. The summed E-state index contributed by atoms with van der Waals surface area (Å²) < 4.78 is 0. The van der Waals surface area contributed by atoms with Gasteiger partial charge in [0.2, 0.25) is 0 Å². The number of para-hydroxylation sites is 2. The van der Waals surface area contributed by atoms with Crippen molar-refractivity contribution in [1.29, 1.82) is 0 Å². The Labute approximate surface area is 114 Å². The van der Waals surface area contributed by atoms with Gasteiger partial charge in [-0.1, -0.05) is 12.1 Å². The fraction of sp³-hybridized carbons (Fsp3) is 0.533. The molecule has 0 amide bonds. The standard InChI is InChI=1S/C15H22N4/c1-16-9-12-5-4-8-19(10-12)11-15-17-13-6-2-3-7-14(13)18-15/h2-3,6-7,12,16H,4-5,8-11H2,1H3,(H,17,18). The Morgan fingerprint density at radius 1 is 1.42 bits per heavy atom. The SMILES string of the molecule is CNCC1CCCN(Cc2nc3ccccc3[nH]2)C1. The number of aromatic nitrogens is 2. The molecular formula is C15H22N4. The highest BCUT2D eigenvalue weighted by atomic mass is 15.2. The molecule has 2 aromatic rings. The van der Waals surface area contributed by atoms with E-state index in [2.05, 4.69) is 32.3 Å². The molecule has 2 heterocycles. The van der Waals surface area contributed by atoms with E-state index in [1.807, 2.05) is 19.2 Å². The van der Waals surface area contributed by atoms with Gasteiger partial charge in [-0.2, -0.15) is 0 Å². The van der Waals surface area contributed by atoms with Crippen molar-refractivity contribution in [2.24, 2.45) is 5.92 Å². The molecule has 3 rings (SSSR count). The molecule has 0 radical (unpaired) electrons. The normalized spacial score (nSPS) is 21.0. The molecule has 1 aliphatic heterocycles. The van der Waals surface area contributed by atoms with Gasteiger partial charge in [-0.15, -0.1) is 0 Å². The second kappa shape index (κ2) is 5.72. The maximum absolute atomic E-state index is 4.66. The molecule has 102 valence electrons. The van der Waals surface area contributed by atoms with Crippen molar-refractivity contribution < 1.29 is 0 Å². The van der Waals surface area contributed by atoms with E-state index in [-0.39, 0.29) is 0 Å². The molecule has 1 aliphatic rings. The van der Waals surface area contributed by atoms with Crippen LogP contribution in [0.15, 0.2) is 24.3 Å². The molecule has 0 spiro atoms. The lowest BCUT2D eigenvalue weighted by atomic mass is 9.98. The zero-order valence-electron chi connectivity index (χ0n) is 11.5. The molecule has 2 N–H and O–H groups in total. The van der Waals surface area contributed by atoms with E-state index in [1.165, 1.54) is 25.9 Å². The second-order valence-electron chi connectivity index (χ2n) is 5.50. The molecule has 0 saturated carbocycles. The summed E-state index contributed by atoms with van der Waals surface area (Å²) in [5, 5.41) is 3.29. The van der Waals surface area contributed by atoms with Crippen molar-refractivity contribution >= 4 is 11.0 Å². The Bertz CT molecular complexity index is 499. The van der Waals surface area contributed by atoms with Crippen LogP contribution in [-0.2, 0) is 6.54 Å². The molecule has 0 aliphatic carbocycles. The molecule has 1 atom stereocenters. The smallest absolute Gasteiger partial charge is 0.121 e. The van der Waals surface area contributed by atoms with Crippen molar-refractivity contribution in [2.75, 3.05) is 26.7 Å². The van der Waals surface area contributed by atoms with Gasteiger partial charge in [0.05, 0.1) is 17.6 Å². The quantitative estimate of drug-likeness (QED) is 0.881. The number of nitrogens with zero attached hydrogens (tertiary/aromatic N) is 2. The van der Waals surface area contributed by atoms with Crippen LogP contribution in [0.3, 0.4) is 0 Å². The second-order valence-corrected chi connectivity index (χ2v) is 5.50. The number of hydrogen-bond acceptors (Lipinski definition) is 3. The van der Waals surface area contributed by atoms with E-state index in [9.17, 15) is 0 Å². The van der Waals surface area contributed by atoms with Crippen LogP contribution in [0.2, 0.25) is 0 Å². The van der Waals surface area contributed by atoms with Crippen LogP contribution in [-0.4, -0.2) is 41.5 Å². The molecule has 4 heteroatoms. The van der Waals surface area contributed by atoms with E-state index in [4.69, 9.17) is 0 Å². The third kappa shape index (κ3) is 2.96. The Morgan fingerprint density at radius 3 is 3.16 bits per heavy atom. The summed E-state index contributed by atoms with van der Waals surface area (Å²) in [6.45, 7) is 4.43. The number of hydrogen-bond donors (Lipinski definition) is 2. The summed E-state index contributed by atoms with van der Waals surface area (Å²) in [5.41, 5.74) is 2.21. The minimum atomic E-state index is 0.781. The predicted octanol–water partition coefficient (Wildman–Crippen LogP) is 1.99. The van der Waals surface area contributed by atoms with E-state index in [1.54, 1.807) is 0 Å². The number of H-pyrrole nitrogens is 1. The van der Waals surface area contributed by atoms with Gasteiger partial charge >= 0.3 is 0 Å². The van der Waals surface area contributed by atoms with E-state index in [0.717, 1.165) is 35.9 Å². The first kappa shape index (κ1) is 12.6. The first-order chi connectivity index (χ1) is 9.35. The minimum Gasteiger partial charge on any atom is -0.341 e. The van der Waals surface area contributed by atoms with Crippen molar-refractivity contribution in [3.8, 4) is 0 Å². The Kier molecular flexibility index (Phi) is 3.80. The van der Waals surface area contributed by atoms with Gasteiger partial charge in [0, 0.05) is 6.54 Å². The summed E-state index contributed by atoms with van der Waals surface area (Å²) >= 11 is 0. The van der Waals surface area contributed by atoms with Gasteiger partial charge in [0.15, 0.2) is 0 Å². The summed E-state index contributed by atoms with van der Waals surface area (Å²) in [7, 11) is 2.04. The first-order valence-electron chi connectivity index (χ1n) is 7.16. The van der Waals surface area contributed by atoms with Gasteiger partial charge in [-0.3, -0.25) is 4.90 Å². The summed E-state index contributed by atoms with van der Waals surface area (Å²) in [6.07, 6.45) is 2.64. The number of rotatable bonds is 4. The minimum absolute atomic E-state index is 0.781. The lowest BCUT2D eigenvalue weighted by Gasteiger charge is -2.31. The number of likely N-dealkylation sites (tertiary alicyclic amines) is 1. The zero-order chi connectivity index (χ0) is 13.1. The van der Waals surface area contributed by atoms with Crippen LogP contribution >= 0.6 is 0 Å². The Hall–Kier alpha value is -1.39. The first-order valence-corrected chi connectivity index (χ1v) is 7.16. The third-order valence-corrected chi connectivity index (χ3v) is 3.91. The molecule has 1 unspecified atom stereocenters. The molecule has 1 aromatic heterocycles. The number of benzene rings is 1. The van der Waals surface area contributed by atoms with Crippen LogP contribution < -0.4 is 5.32 Å². The highest BCUT2D eigenvalue weighted by Crippen LogP contribution is 2.18. The highest BCUT2D eigenvalue weighted by molar-refractivity contribution is 5.74. The van der Waals surface area contributed by atoms with E-state index in [0.29, 0.717) is 0 Å². The van der Waals surface area contributed by atoms with Gasteiger partial charge < -0.3 is 10.3 Å². The number of fused-ring (bicyclic) bond motifs is 1. The molecule has 4 nitrogen and oxygen atoms in total. The number of imidazole rings is 1. The Balaban J connectivity index is 1.67. The third-order valence-electron chi connectivity index (χ3n) is 3.91. The van der Waals surface area contributed by atoms with Crippen molar-refractivity contribution in [1.82, 2.24) is 20.2 Å². The molecular weight excluding hydrogens is 236 g/mol.